The molecule has 3 aromatic heterocycles. The van der Waals surface area contributed by atoms with E-state index in [9.17, 15) is 25.9 Å². The molecule has 1 aliphatic heterocycles. The molecule has 2 N–H and O–H groups in total. The third-order valence-electron chi connectivity index (χ3n) is 8.93. The monoisotopic (exact) mass is 774 g/mol. The molecule has 51 heavy (non-hydrogen) atoms. The third-order valence-corrected chi connectivity index (χ3v) is 13.7. The van der Waals surface area contributed by atoms with Gasteiger partial charge in [-0.15, -0.1) is 11.3 Å². The minimum Gasteiger partial charge on any atom is -0.335 e. The molecule has 1 aliphatic rings. The van der Waals surface area contributed by atoms with E-state index in [0.717, 1.165) is 58.6 Å². The third kappa shape index (κ3) is 7.09. The van der Waals surface area contributed by atoms with Gasteiger partial charge in [-0.05, 0) is 76.2 Å². The van der Waals surface area contributed by atoms with Gasteiger partial charge in [0.2, 0.25) is 5.52 Å². The summed E-state index contributed by atoms with van der Waals surface area (Å²) in [4.78, 5) is 3.11. The van der Waals surface area contributed by atoms with Crippen molar-refractivity contribution in [2.75, 3.05) is 23.0 Å². The molecule has 0 radical (unpaired) electrons. The van der Waals surface area contributed by atoms with Gasteiger partial charge in [0.15, 0.2) is 6.54 Å². The van der Waals surface area contributed by atoms with Crippen LogP contribution in [0, 0.1) is 0 Å². The van der Waals surface area contributed by atoms with Crippen molar-refractivity contribution in [3.63, 3.8) is 0 Å². The Kier molecular flexibility index (Phi) is 9.03. The molecule has 7 aromatic rings. The number of hydrogen-bond donors (Lipinski definition) is 2. The number of para-hydroxylation sites is 1. The van der Waals surface area contributed by atoms with Crippen molar-refractivity contribution in [3.8, 4) is 16.8 Å². The number of hydrogen-bond acceptors (Lipinski definition) is 8. The van der Waals surface area contributed by atoms with Crippen molar-refractivity contribution in [2.24, 2.45) is 0 Å². The maximum absolute atomic E-state index is 11.7. The highest BCUT2D eigenvalue weighted by Gasteiger charge is 2.29. The summed E-state index contributed by atoms with van der Waals surface area (Å²) in [5.41, 5.74) is 6.10. The lowest BCUT2D eigenvalue weighted by molar-refractivity contribution is -0.668. The zero-order chi connectivity index (χ0) is 35.3. The lowest BCUT2D eigenvalue weighted by Crippen LogP contribution is -2.36. The van der Waals surface area contributed by atoms with Crippen molar-refractivity contribution >= 4 is 97.6 Å². The predicted octanol–water partition coefficient (Wildman–Crippen LogP) is 8.48. The predicted molar refractivity (Wildman–Crippen MR) is 209 cm³/mol. The summed E-state index contributed by atoms with van der Waals surface area (Å²) in [5.74, 6) is -0.725. The summed E-state index contributed by atoms with van der Waals surface area (Å²) >= 11 is 4.86. The first-order valence-electron chi connectivity index (χ1n) is 16.2. The molecule has 9 nitrogen and oxygen atoms in total. The van der Waals surface area contributed by atoms with Crippen LogP contribution < -0.4 is 9.47 Å². The molecule has 0 aliphatic carbocycles. The Morgan fingerprint density at radius 2 is 1.61 bits per heavy atom. The minimum absolute atomic E-state index is 0.214. The fourth-order valence-electron chi connectivity index (χ4n) is 6.63. The van der Waals surface area contributed by atoms with Crippen LogP contribution in [0.15, 0.2) is 112 Å². The van der Waals surface area contributed by atoms with E-state index in [1.165, 1.54) is 10.1 Å². The van der Waals surface area contributed by atoms with E-state index in [1.807, 2.05) is 24.4 Å². The second kappa shape index (κ2) is 13.5. The molecule has 4 aromatic carbocycles. The number of thiazole rings is 1. The normalized spacial score (nSPS) is 14.4. The summed E-state index contributed by atoms with van der Waals surface area (Å²) in [6, 6.07) is 31.2. The molecule has 260 valence electrons. The number of nitrogens with zero attached hydrogens (tertiary/aromatic N) is 3. The lowest BCUT2D eigenvalue weighted by Gasteiger charge is -2.20. The summed E-state index contributed by atoms with van der Waals surface area (Å²) in [7, 11) is -8.30. The van der Waals surface area contributed by atoms with Gasteiger partial charge in [0, 0.05) is 40.5 Å². The van der Waals surface area contributed by atoms with Gasteiger partial charge in [0.25, 0.3) is 25.2 Å². The van der Waals surface area contributed by atoms with E-state index in [0.29, 0.717) is 13.1 Å². The number of anilines is 1. The molecule has 8 rings (SSSR count). The Morgan fingerprint density at radius 1 is 0.804 bits per heavy atom. The molecular formula is C37H32N3O6S5+. The van der Waals surface area contributed by atoms with Gasteiger partial charge in [-0.25, -0.2) is 0 Å². The van der Waals surface area contributed by atoms with E-state index >= 15 is 0 Å². The van der Waals surface area contributed by atoms with Gasteiger partial charge in [-0.3, -0.25) is 9.11 Å². The summed E-state index contributed by atoms with van der Waals surface area (Å²) in [6.07, 6.45) is 4.54. The molecule has 0 saturated heterocycles. The van der Waals surface area contributed by atoms with Crippen LogP contribution in [0.4, 0.5) is 5.69 Å². The van der Waals surface area contributed by atoms with E-state index in [-0.39, 0.29) is 24.3 Å². The highest BCUT2D eigenvalue weighted by atomic mass is 32.2. The van der Waals surface area contributed by atoms with Gasteiger partial charge in [0.05, 0.1) is 33.8 Å². The van der Waals surface area contributed by atoms with Crippen molar-refractivity contribution in [1.29, 1.82) is 0 Å². The molecule has 14 heteroatoms. The number of thiophene rings is 1. The number of benzene rings is 4. The van der Waals surface area contributed by atoms with Crippen LogP contribution >= 0.6 is 34.4 Å². The van der Waals surface area contributed by atoms with Crippen LogP contribution in [0.2, 0.25) is 0 Å². The summed E-state index contributed by atoms with van der Waals surface area (Å²) < 4.78 is 72.4. The van der Waals surface area contributed by atoms with Crippen LogP contribution in [0.25, 0.3) is 54.1 Å². The van der Waals surface area contributed by atoms with E-state index < -0.39 is 20.2 Å². The van der Waals surface area contributed by atoms with E-state index in [4.69, 9.17) is 0 Å². The quantitative estimate of drug-likeness (QED) is 0.0993. The summed E-state index contributed by atoms with van der Waals surface area (Å²) in [5, 5.41) is 6.15. The average molecular weight is 775 g/mol. The van der Waals surface area contributed by atoms with Crippen molar-refractivity contribution in [2.45, 2.75) is 24.3 Å². The number of aromatic nitrogens is 2. The lowest BCUT2D eigenvalue weighted by atomic mass is 10.0. The number of rotatable bonds is 11. The van der Waals surface area contributed by atoms with Crippen LogP contribution in [-0.2, 0) is 26.8 Å². The van der Waals surface area contributed by atoms with Crippen LogP contribution in [-0.4, -0.2) is 48.6 Å². The standard InChI is InChI=1S/C37H31N3O6S5/c41-50(42,43)20-4-16-39-31-22-27(29-8-3-7-26-15-19-47-37(26)29)10-12-33(31)48-35(39)24-36-40(17-5-21-51(44,45)46)32-23-28(11-13-34(32)49-36)38-18-14-25-6-1-2-9-30(25)38/h1-3,6-15,18-19,22-24H,4-5,16-17,20-21H2,(H-,41,42,43,44,45,46)/p+1. The zero-order valence-electron chi connectivity index (χ0n) is 27.0. The zero-order valence-corrected chi connectivity index (χ0v) is 31.1. The Bertz CT molecular complexity index is 2710. The molecule has 4 heterocycles. The molecule has 0 unspecified atom stereocenters. The fourth-order valence-corrected chi connectivity index (χ4v) is 10.8. The van der Waals surface area contributed by atoms with Crippen LogP contribution in [0.1, 0.15) is 17.8 Å². The Labute approximate surface area is 307 Å². The van der Waals surface area contributed by atoms with Crippen LogP contribution in [0.5, 0.6) is 0 Å². The number of aryl methyl sites for hydroxylation is 1. The van der Waals surface area contributed by atoms with Crippen molar-refractivity contribution in [1.82, 2.24) is 4.57 Å². The van der Waals surface area contributed by atoms with Crippen LogP contribution in [0.3, 0.4) is 0 Å². The molecule has 0 amide bonds. The Hall–Kier alpha value is -4.02. The molecular weight excluding hydrogens is 743 g/mol. The first kappa shape index (κ1) is 34.1. The number of fused-ring (bicyclic) bond motifs is 4. The average Bonchev–Trinajstić information content (AvgIpc) is 3.88. The first-order valence-corrected chi connectivity index (χ1v) is 21.9. The Morgan fingerprint density at radius 3 is 2.45 bits per heavy atom. The maximum Gasteiger partial charge on any atom is 0.265 e. The Balaban J connectivity index is 1.22. The fraction of sp³-hybridized carbons (Fsp3) is 0.162. The SMILES string of the molecule is O=S(=O)(O)CCCN1C(=Cc2sc3ccc(-c4cccc5ccsc45)cc3[n+]2CCCS(=O)(=O)O)Sc2ccc(-n3ccc4ccccc43)cc21. The smallest absolute Gasteiger partial charge is 0.265 e. The maximum atomic E-state index is 11.7. The van der Waals surface area contributed by atoms with Crippen molar-refractivity contribution < 1.29 is 30.5 Å². The minimum atomic E-state index is -4.15. The second-order valence-corrected chi connectivity index (χ2v) is 18.5. The van der Waals surface area contributed by atoms with Gasteiger partial charge in [-0.2, -0.15) is 21.4 Å². The van der Waals surface area contributed by atoms with Gasteiger partial charge in [0.1, 0.15) is 4.70 Å². The summed E-state index contributed by atoms with van der Waals surface area (Å²) in [6.45, 7) is 0.709. The molecule has 0 atom stereocenters. The van der Waals surface area contributed by atoms with Crippen molar-refractivity contribution in [3.05, 3.63) is 113 Å². The van der Waals surface area contributed by atoms with E-state index in [1.54, 1.807) is 34.4 Å². The highest BCUT2D eigenvalue weighted by molar-refractivity contribution is 8.04. The largest absolute Gasteiger partial charge is 0.335 e. The first-order chi connectivity index (χ1) is 24.5. The molecule has 0 bridgehead atoms. The number of thioether (sulfide) groups is 1. The topological polar surface area (TPSA) is 121 Å². The van der Waals surface area contributed by atoms with Gasteiger partial charge >= 0.3 is 0 Å². The molecule has 0 fully saturated rings. The highest BCUT2D eigenvalue weighted by Crippen LogP contribution is 2.48. The molecule has 0 saturated carbocycles. The second-order valence-electron chi connectivity index (χ2n) is 12.3. The molecule has 0 spiro atoms. The van der Waals surface area contributed by atoms with Gasteiger partial charge < -0.3 is 9.47 Å². The van der Waals surface area contributed by atoms with E-state index in [2.05, 4.69) is 98.3 Å². The van der Waals surface area contributed by atoms with Gasteiger partial charge in [-0.1, -0.05) is 65.6 Å².